The van der Waals surface area contributed by atoms with Crippen LogP contribution in [-0.4, -0.2) is 35.6 Å². The Hall–Kier alpha value is -1.66. The van der Waals surface area contributed by atoms with Gasteiger partial charge in [0, 0.05) is 19.0 Å². The first-order chi connectivity index (χ1) is 10.0. The Bertz CT molecular complexity index is 578. The number of phenols is 1. The molecule has 1 aromatic carbocycles. The fraction of sp³-hybridized carbons (Fsp3) is 0.385. The molecule has 8 heteroatoms. The van der Waals surface area contributed by atoms with Crippen LogP contribution in [0.4, 0.5) is 10.5 Å². The zero-order valence-electron chi connectivity index (χ0n) is 11.4. The van der Waals surface area contributed by atoms with E-state index in [2.05, 4.69) is 10.5 Å². The van der Waals surface area contributed by atoms with Crippen LogP contribution in [0.3, 0.4) is 0 Å². The van der Waals surface area contributed by atoms with Crippen molar-refractivity contribution in [1.82, 2.24) is 4.90 Å². The van der Waals surface area contributed by atoms with E-state index in [4.69, 9.17) is 27.9 Å². The number of amidine groups is 1. The van der Waals surface area contributed by atoms with Gasteiger partial charge in [-0.05, 0) is 18.9 Å². The largest absolute Gasteiger partial charge is 0.506 e. The van der Waals surface area contributed by atoms with Gasteiger partial charge in [-0.15, -0.1) is 0 Å². The maximum absolute atomic E-state index is 11.7. The highest BCUT2D eigenvalue weighted by molar-refractivity contribution is 6.37. The number of carbonyl (C=O) groups excluding carboxylic acids is 1. The number of methoxy groups -OCH3 is 1. The van der Waals surface area contributed by atoms with Gasteiger partial charge in [0.15, 0.2) is 0 Å². The van der Waals surface area contributed by atoms with Crippen molar-refractivity contribution in [2.75, 3.05) is 19.1 Å². The van der Waals surface area contributed by atoms with E-state index in [0.29, 0.717) is 29.5 Å². The minimum atomic E-state index is -0.444. The molecule has 1 amide bonds. The average molecular weight is 332 g/mol. The van der Waals surface area contributed by atoms with Crippen molar-refractivity contribution in [3.8, 4) is 5.75 Å². The van der Waals surface area contributed by atoms with Crippen LogP contribution < -0.4 is 5.43 Å². The maximum atomic E-state index is 11.7. The van der Waals surface area contributed by atoms with E-state index in [1.807, 2.05) is 0 Å². The third-order valence-corrected chi connectivity index (χ3v) is 3.70. The fourth-order valence-electron chi connectivity index (χ4n) is 1.99. The van der Waals surface area contributed by atoms with E-state index in [9.17, 15) is 9.90 Å². The van der Waals surface area contributed by atoms with Crippen molar-refractivity contribution in [3.63, 3.8) is 0 Å². The molecule has 0 atom stereocenters. The second-order valence-electron chi connectivity index (χ2n) is 4.50. The third kappa shape index (κ3) is 3.71. The average Bonchev–Trinajstić information content (AvgIpc) is 2.49. The summed E-state index contributed by atoms with van der Waals surface area (Å²) < 4.78 is 4.73. The molecule has 0 aliphatic carbocycles. The predicted octanol–water partition coefficient (Wildman–Crippen LogP) is 3.68. The van der Waals surface area contributed by atoms with Crippen LogP contribution in [0.5, 0.6) is 5.75 Å². The molecule has 0 bridgehead atoms. The lowest BCUT2D eigenvalue weighted by Gasteiger charge is -2.26. The summed E-state index contributed by atoms with van der Waals surface area (Å²) in [6.45, 7) is 0.562. The van der Waals surface area contributed by atoms with E-state index in [1.165, 1.54) is 24.1 Å². The lowest BCUT2D eigenvalue weighted by Crippen LogP contribution is -2.40. The summed E-state index contributed by atoms with van der Waals surface area (Å²) in [7, 11) is 1.33. The molecular formula is C13H15Cl2N3O3. The molecule has 1 fully saturated rings. The molecule has 0 saturated carbocycles. The Labute approximate surface area is 132 Å². The number of ether oxygens (including phenoxy) is 1. The first-order valence-electron chi connectivity index (χ1n) is 6.39. The molecule has 1 heterocycles. The zero-order valence-corrected chi connectivity index (χ0v) is 12.9. The zero-order chi connectivity index (χ0) is 15.4. The molecule has 2 rings (SSSR count). The molecule has 1 aliphatic heterocycles. The number of benzene rings is 1. The summed E-state index contributed by atoms with van der Waals surface area (Å²) in [4.78, 5) is 13.1. The normalized spacial score (nSPS) is 16.9. The van der Waals surface area contributed by atoms with Crippen LogP contribution in [0.15, 0.2) is 17.2 Å². The van der Waals surface area contributed by atoms with Crippen LogP contribution in [0.25, 0.3) is 0 Å². The summed E-state index contributed by atoms with van der Waals surface area (Å²) in [6.07, 6.45) is 2.05. The smallest absolute Gasteiger partial charge is 0.414 e. The number of nitrogens with one attached hydrogen (secondary N) is 1. The maximum Gasteiger partial charge on any atom is 0.414 e. The molecule has 0 unspecified atom stereocenters. The van der Waals surface area contributed by atoms with Crippen LogP contribution in [0.1, 0.15) is 19.3 Å². The lowest BCUT2D eigenvalue weighted by molar-refractivity contribution is 0.142. The van der Waals surface area contributed by atoms with Gasteiger partial charge >= 0.3 is 6.09 Å². The van der Waals surface area contributed by atoms with Crippen LogP contribution in [-0.2, 0) is 4.74 Å². The number of hydrogen-bond acceptors (Lipinski definition) is 5. The Balaban J connectivity index is 2.18. The highest BCUT2D eigenvalue weighted by atomic mass is 35.5. The first kappa shape index (κ1) is 15.7. The number of hydrazone groups is 1. The van der Waals surface area contributed by atoms with Gasteiger partial charge < -0.3 is 9.84 Å². The van der Waals surface area contributed by atoms with E-state index in [-0.39, 0.29) is 10.8 Å². The van der Waals surface area contributed by atoms with E-state index in [0.717, 1.165) is 12.8 Å². The minimum absolute atomic E-state index is 0.0998. The Morgan fingerprint density at radius 2 is 2.14 bits per heavy atom. The molecule has 0 aromatic heterocycles. The Kier molecular flexibility index (Phi) is 5.14. The van der Waals surface area contributed by atoms with Gasteiger partial charge in [-0.2, -0.15) is 5.10 Å². The van der Waals surface area contributed by atoms with Crippen LogP contribution in [0, 0.1) is 0 Å². The molecule has 0 radical (unpaired) electrons. The van der Waals surface area contributed by atoms with Crippen molar-refractivity contribution < 1.29 is 14.6 Å². The number of aromatic hydroxyl groups is 1. The topological polar surface area (TPSA) is 74.2 Å². The van der Waals surface area contributed by atoms with Crippen molar-refractivity contribution in [1.29, 1.82) is 0 Å². The quantitative estimate of drug-likeness (QED) is 0.810. The van der Waals surface area contributed by atoms with Gasteiger partial charge in [0.05, 0.1) is 22.8 Å². The summed E-state index contributed by atoms with van der Waals surface area (Å²) in [5.41, 5.74) is 3.15. The van der Waals surface area contributed by atoms with E-state index in [1.54, 1.807) is 0 Å². The van der Waals surface area contributed by atoms with Gasteiger partial charge in [0.1, 0.15) is 11.6 Å². The number of nitrogens with zero attached hydrogens (tertiary/aromatic N) is 2. The number of rotatable bonds is 2. The number of phenolic OH excluding ortho intramolecular Hbond substituents is 1. The second kappa shape index (κ2) is 6.87. The predicted molar refractivity (Wildman–Crippen MR) is 82.1 cm³/mol. The minimum Gasteiger partial charge on any atom is -0.506 e. The molecule has 0 spiro atoms. The fourth-order valence-corrected chi connectivity index (χ4v) is 2.41. The number of hydrogen-bond donors (Lipinski definition) is 2. The van der Waals surface area contributed by atoms with Gasteiger partial charge in [0.2, 0.25) is 0 Å². The lowest BCUT2D eigenvalue weighted by atomic mass is 10.1. The summed E-state index contributed by atoms with van der Waals surface area (Å²) in [5, 5.41) is 14.2. The molecule has 1 aliphatic rings. The molecule has 21 heavy (non-hydrogen) atoms. The van der Waals surface area contributed by atoms with Crippen LogP contribution >= 0.6 is 23.2 Å². The molecule has 1 saturated heterocycles. The number of piperidine rings is 1. The van der Waals surface area contributed by atoms with Crippen molar-refractivity contribution in [2.24, 2.45) is 5.10 Å². The van der Waals surface area contributed by atoms with Gasteiger partial charge in [-0.1, -0.05) is 23.2 Å². The monoisotopic (exact) mass is 331 g/mol. The molecular weight excluding hydrogens is 317 g/mol. The van der Waals surface area contributed by atoms with Gasteiger partial charge in [0.25, 0.3) is 0 Å². The number of amides is 1. The number of carbonyl (C=O) groups is 1. The molecule has 6 nitrogen and oxygen atoms in total. The number of anilines is 1. The van der Waals surface area contributed by atoms with Crippen LogP contribution in [0.2, 0.25) is 10.0 Å². The highest BCUT2D eigenvalue weighted by Crippen LogP contribution is 2.33. The van der Waals surface area contributed by atoms with Crippen molar-refractivity contribution >= 4 is 40.8 Å². The standard InChI is InChI=1S/C13H15Cl2N3O3/c1-21-13(20)18-5-3-2-4-12(18)17-16-10-7-11(19)9(15)6-8(10)14/h6-7,16,19H,2-5H2,1H3/b17-12+. The number of halogens is 2. The molecule has 114 valence electrons. The molecule has 2 N–H and O–H groups in total. The molecule has 1 aromatic rings. The summed E-state index contributed by atoms with van der Waals surface area (Å²) in [5.74, 6) is 0.468. The third-order valence-electron chi connectivity index (χ3n) is 3.08. The number of likely N-dealkylation sites (tertiary alicyclic amines) is 1. The van der Waals surface area contributed by atoms with E-state index < -0.39 is 6.09 Å². The Morgan fingerprint density at radius 1 is 1.38 bits per heavy atom. The Morgan fingerprint density at radius 3 is 2.86 bits per heavy atom. The van der Waals surface area contributed by atoms with Crippen molar-refractivity contribution in [3.05, 3.63) is 22.2 Å². The first-order valence-corrected chi connectivity index (χ1v) is 7.14. The van der Waals surface area contributed by atoms with E-state index >= 15 is 0 Å². The summed E-state index contributed by atoms with van der Waals surface area (Å²) in [6, 6.07) is 2.79. The SMILES string of the molecule is COC(=O)N1CCCC/C1=N\Nc1cc(O)c(Cl)cc1Cl. The highest BCUT2D eigenvalue weighted by Gasteiger charge is 2.23. The van der Waals surface area contributed by atoms with Gasteiger partial charge in [-0.3, -0.25) is 10.3 Å². The summed E-state index contributed by atoms with van der Waals surface area (Å²) >= 11 is 11.8. The van der Waals surface area contributed by atoms with Gasteiger partial charge in [-0.25, -0.2) is 4.79 Å². The van der Waals surface area contributed by atoms with Crippen molar-refractivity contribution in [2.45, 2.75) is 19.3 Å². The second-order valence-corrected chi connectivity index (χ2v) is 5.32.